The van der Waals surface area contributed by atoms with E-state index in [1.54, 1.807) is 18.5 Å². The Morgan fingerprint density at radius 2 is 1.92 bits per heavy atom. The SMILES string of the molecule is O=C(O)CCCN1C(=O)C(=Cc2cnc(-c3ccccc3)nc2)SC1=S. The van der Waals surface area contributed by atoms with Crippen LogP contribution in [0.1, 0.15) is 18.4 Å². The van der Waals surface area contributed by atoms with Crippen molar-refractivity contribution >= 4 is 46.3 Å². The van der Waals surface area contributed by atoms with Crippen LogP contribution in [0.5, 0.6) is 0 Å². The Morgan fingerprint density at radius 3 is 2.58 bits per heavy atom. The van der Waals surface area contributed by atoms with Crippen LogP contribution in [0.15, 0.2) is 47.6 Å². The average Bonchev–Trinajstić information content (AvgIpc) is 2.90. The average molecular weight is 385 g/mol. The molecule has 1 saturated heterocycles. The van der Waals surface area contributed by atoms with E-state index in [0.29, 0.717) is 33.6 Å². The van der Waals surface area contributed by atoms with Crippen LogP contribution in [0.4, 0.5) is 0 Å². The highest BCUT2D eigenvalue weighted by atomic mass is 32.2. The molecule has 0 radical (unpaired) electrons. The summed E-state index contributed by atoms with van der Waals surface area (Å²) < 4.78 is 0.438. The lowest BCUT2D eigenvalue weighted by Crippen LogP contribution is -2.29. The normalized spacial score (nSPS) is 15.7. The molecule has 8 heteroatoms. The van der Waals surface area contributed by atoms with Gasteiger partial charge in [-0.1, -0.05) is 54.3 Å². The number of benzene rings is 1. The third-order valence-corrected chi connectivity index (χ3v) is 5.03. The van der Waals surface area contributed by atoms with E-state index in [2.05, 4.69) is 9.97 Å². The third kappa shape index (κ3) is 4.33. The van der Waals surface area contributed by atoms with E-state index in [1.165, 1.54) is 16.7 Å². The number of amides is 1. The molecule has 1 aromatic heterocycles. The Morgan fingerprint density at radius 1 is 1.23 bits per heavy atom. The minimum absolute atomic E-state index is 0.00486. The lowest BCUT2D eigenvalue weighted by molar-refractivity contribution is -0.137. The number of carboxylic acid groups (broad SMARTS) is 1. The van der Waals surface area contributed by atoms with Crippen molar-refractivity contribution in [1.82, 2.24) is 14.9 Å². The first kappa shape index (κ1) is 18.2. The third-order valence-electron chi connectivity index (χ3n) is 3.65. The molecule has 1 aliphatic rings. The topological polar surface area (TPSA) is 83.4 Å². The molecule has 0 atom stereocenters. The molecule has 2 aromatic rings. The lowest BCUT2D eigenvalue weighted by atomic mass is 10.2. The molecular formula is C18H15N3O3S2. The van der Waals surface area contributed by atoms with Crippen molar-refractivity contribution in [3.05, 3.63) is 53.2 Å². The number of hydrogen-bond donors (Lipinski definition) is 1. The molecule has 1 fully saturated rings. The second kappa shape index (κ2) is 8.20. The van der Waals surface area contributed by atoms with Gasteiger partial charge in [0.2, 0.25) is 0 Å². The summed E-state index contributed by atoms with van der Waals surface area (Å²) in [5.74, 6) is -0.483. The van der Waals surface area contributed by atoms with Crippen LogP contribution in [0, 0.1) is 0 Å². The first-order valence-corrected chi connectivity index (χ1v) is 9.11. The van der Waals surface area contributed by atoms with Gasteiger partial charge in [0.05, 0.1) is 4.91 Å². The highest BCUT2D eigenvalue weighted by Gasteiger charge is 2.31. The Kier molecular flexibility index (Phi) is 5.75. The van der Waals surface area contributed by atoms with Gasteiger partial charge in [-0.05, 0) is 12.5 Å². The highest BCUT2D eigenvalue weighted by Crippen LogP contribution is 2.32. The van der Waals surface area contributed by atoms with Gasteiger partial charge in [-0.25, -0.2) is 9.97 Å². The molecule has 1 N–H and O–H groups in total. The largest absolute Gasteiger partial charge is 0.481 e. The van der Waals surface area contributed by atoms with Crippen LogP contribution in [-0.4, -0.2) is 42.7 Å². The van der Waals surface area contributed by atoms with E-state index in [0.717, 1.165) is 5.56 Å². The van der Waals surface area contributed by atoms with Crippen LogP contribution in [0.2, 0.25) is 0 Å². The summed E-state index contributed by atoms with van der Waals surface area (Å²) in [7, 11) is 0. The Bertz CT molecular complexity index is 867. The van der Waals surface area contributed by atoms with Gasteiger partial charge in [0.15, 0.2) is 5.82 Å². The highest BCUT2D eigenvalue weighted by molar-refractivity contribution is 8.26. The summed E-state index contributed by atoms with van der Waals surface area (Å²) in [5.41, 5.74) is 1.62. The number of nitrogens with zero attached hydrogens (tertiary/aromatic N) is 3. The van der Waals surface area contributed by atoms with E-state index in [1.807, 2.05) is 30.3 Å². The van der Waals surface area contributed by atoms with E-state index in [9.17, 15) is 9.59 Å². The van der Waals surface area contributed by atoms with Gasteiger partial charge < -0.3 is 5.11 Å². The minimum atomic E-state index is -0.887. The first-order chi connectivity index (χ1) is 12.5. The zero-order valence-electron chi connectivity index (χ0n) is 13.7. The molecule has 1 aliphatic heterocycles. The van der Waals surface area contributed by atoms with Crippen molar-refractivity contribution in [1.29, 1.82) is 0 Å². The Balaban J connectivity index is 1.71. The van der Waals surface area contributed by atoms with E-state index < -0.39 is 5.97 Å². The monoisotopic (exact) mass is 385 g/mol. The van der Waals surface area contributed by atoms with E-state index in [4.69, 9.17) is 17.3 Å². The maximum absolute atomic E-state index is 12.4. The zero-order chi connectivity index (χ0) is 18.5. The van der Waals surface area contributed by atoms with Crippen molar-refractivity contribution in [3.8, 4) is 11.4 Å². The molecule has 0 unspecified atom stereocenters. The number of aliphatic carboxylic acids is 1. The maximum Gasteiger partial charge on any atom is 0.303 e. The minimum Gasteiger partial charge on any atom is -0.481 e. The summed E-state index contributed by atoms with van der Waals surface area (Å²) in [6.07, 6.45) is 5.39. The van der Waals surface area contributed by atoms with Gasteiger partial charge >= 0.3 is 5.97 Å². The second-order valence-corrected chi connectivity index (χ2v) is 7.21. The molecule has 3 rings (SSSR count). The number of rotatable bonds is 6. The van der Waals surface area contributed by atoms with Crippen molar-refractivity contribution in [2.75, 3.05) is 6.54 Å². The summed E-state index contributed by atoms with van der Waals surface area (Å²) in [5, 5.41) is 8.70. The van der Waals surface area contributed by atoms with Crippen LogP contribution in [-0.2, 0) is 9.59 Å². The van der Waals surface area contributed by atoms with E-state index >= 15 is 0 Å². The molecule has 1 aromatic carbocycles. The number of carbonyl (C=O) groups is 2. The van der Waals surface area contributed by atoms with Crippen LogP contribution < -0.4 is 0 Å². The first-order valence-electron chi connectivity index (χ1n) is 7.89. The summed E-state index contributed by atoms with van der Waals surface area (Å²) in [4.78, 5) is 33.6. The quantitative estimate of drug-likeness (QED) is 0.604. The summed E-state index contributed by atoms with van der Waals surface area (Å²) in [6, 6.07) is 9.62. The molecule has 0 spiro atoms. The van der Waals surface area contributed by atoms with Gasteiger partial charge in [0.25, 0.3) is 5.91 Å². The van der Waals surface area contributed by atoms with Gasteiger partial charge in [0.1, 0.15) is 4.32 Å². The zero-order valence-corrected chi connectivity index (χ0v) is 15.3. The van der Waals surface area contributed by atoms with Gasteiger partial charge in [0, 0.05) is 36.5 Å². The molecule has 6 nitrogen and oxygen atoms in total. The number of carbonyl (C=O) groups excluding carboxylic acids is 1. The van der Waals surface area contributed by atoms with Crippen LogP contribution in [0.3, 0.4) is 0 Å². The molecule has 1 amide bonds. The molecule has 132 valence electrons. The van der Waals surface area contributed by atoms with Crippen LogP contribution in [0.25, 0.3) is 17.5 Å². The fourth-order valence-corrected chi connectivity index (χ4v) is 3.69. The predicted molar refractivity (Wildman–Crippen MR) is 104 cm³/mol. The number of carboxylic acids is 1. The fourth-order valence-electron chi connectivity index (χ4n) is 2.38. The smallest absolute Gasteiger partial charge is 0.303 e. The van der Waals surface area contributed by atoms with Crippen LogP contribution >= 0.6 is 24.0 Å². The Hall–Kier alpha value is -2.58. The number of hydrogen-bond acceptors (Lipinski definition) is 6. The second-order valence-electron chi connectivity index (χ2n) is 5.54. The molecule has 0 aliphatic carbocycles. The molecule has 26 heavy (non-hydrogen) atoms. The number of thioether (sulfide) groups is 1. The fraction of sp³-hybridized carbons (Fsp3) is 0.167. The van der Waals surface area contributed by atoms with Gasteiger partial charge in [-0.3, -0.25) is 14.5 Å². The predicted octanol–water partition coefficient (Wildman–Crippen LogP) is 3.21. The van der Waals surface area contributed by atoms with Crippen molar-refractivity contribution in [2.24, 2.45) is 0 Å². The number of thiocarbonyl (C=S) groups is 1. The van der Waals surface area contributed by atoms with Gasteiger partial charge in [-0.2, -0.15) is 0 Å². The lowest BCUT2D eigenvalue weighted by Gasteiger charge is -2.13. The maximum atomic E-state index is 12.4. The molecule has 0 saturated carbocycles. The number of aromatic nitrogens is 2. The van der Waals surface area contributed by atoms with E-state index in [-0.39, 0.29) is 12.3 Å². The molecule has 0 bridgehead atoms. The van der Waals surface area contributed by atoms with Crippen molar-refractivity contribution in [2.45, 2.75) is 12.8 Å². The van der Waals surface area contributed by atoms with Crippen molar-refractivity contribution in [3.63, 3.8) is 0 Å². The summed E-state index contributed by atoms with van der Waals surface area (Å²) >= 11 is 6.43. The molecular weight excluding hydrogens is 370 g/mol. The summed E-state index contributed by atoms with van der Waals surface area (Å²) in [6.45, 7) is 0.303. The van der Waals surface area contributed by atoms with Gasteiger partial charge in [-0.15, -0.1) is 0 Å². The molecule has 2 heterocycles. The standard InChI is InChI=1S/C18H15N3O3S2/c22-15(23)7-4-8-21-17(24)14(26-18(21)25)9-12-10-19-16(20-11-12)13-5-2-1-3-6-13/h1-3,5-6,9-11H,4,7-8H2,(H,22,23). The Labute approximate surface area is 160 Å². The van der Waals surface area contributed by atoms with Crippen molar-refractivity contribution < 1.29 is 14.7 Å².